The van der Waals surface area contributed by atoms with Crippen LogP contribution in [-0.4, -0.2) is 78.9 Å². The Morgan fingerprint density at radius 3 is 2.69 bits per heavy atom. The molecule has 2 fully saturated rings. The van der Waals surface area contributed by atoms with Crippen molar-refractivity contribution in [1.82, 2.24) is 20.4 Å². The van der Waals surface area contributed by atoms with Gasteiger partial charge in [0.2, 0.25) is 10.3 Å². The van der Waals surface area contributed by atoms with Gasteiger partial charge in [-0.2, -0.15) is 5.10 Å². The van der Waals surface area contributed by atoms with Gasteiger partial charge in [0.25, 0.3) is 5.91 Å². The number of hydrogen-bond acceptors (Lipinski definition) is 11. The van der Waals surface area contributed by atoms with E-state index in [-0.39, 0.29) is 11.9 Å². The van der Waals surface area contributed by atoms with Gasteiger partial charge in [0.15, 0.2) is 11.9 Å². The van der Waals surface area contributed by atoms with Gasteiger partial charge >= 0.3 is 0 Å². The van der Waals surface area contributed by atoms with Crippen molar-refractivity contribution < 1.29 is 18.7 Å². The third-order valence-corrected chi connectivity index (χ3v) is 6.95. The van der Waals surface area contributed by atoms with Gasteiger partial charge in [-0.15, -0.1) is 15.3 Å². The quantitative estimate of drug-likeness (QED) is 0.441. The van der Waals surface area contributed by atoms with E-state index < -0.39 is 12.3 Å². The lowest BCUT2D eigenvalue weighted by Crippen LogP contribution is -2.48. The molecule has 0 aliphatic carbocycles. The number of carbonyl (C=O) groups excluding carboxylic acids is 1. The number of nitrogens with one attached hydrogen (secondary N) is 2. The topological polar surface area (TPSA) is 118 Å². The lowest BCUT2D eigenvalue weighted by atomic mass is 10.0. The molecule has 36 heavy (non-hydrogen) atoms. The van der Waals surface area contributed by atoms with Crippen LogP contribution in [0.5, 0.6) is 5.75 Å². The summed E-state index contributed by atoms with van der Waals surface area (Å²) in [6, 6.07) is 9.35. The van der Waals surface area contributed by atoms with Crippen LogP contribution < -0.4 is 25.2 Å². The fraction of sp³-hybridized carbons (Fsp3) is 0.435. The molecule has 2 aromatic heterocycles. The van der Waals surface area contributed by atoms with Crippen molar-refractivity contribution in [3.05, 3.63) is 42.1 Å². The van der Waals surface area contributed by atoms with Gasteiger partial charge in [-0.3, -0.25) is 10.1 Å². The number of nitrogens with zero attached hydrogens (tertiary/aromatic N) is 6. The van der Waals surface area contributed by atoms with Gasteiger partial charge in [-0.05, 0) is 36.2 Å². The molecular weight excluding hydrogens is 487 g/mol. The van der Waals surface area contributed by atoms with Crippen molar-refractivity contribution in [2.75, 3.05) is 60.8 Å². The van der Waals surface area contributed by atoms with Crippen molar-refractivity contribution >= 4 is 39.0 Å². The molecule has 0 saturated carbocycles. The highest BCUT2D eigenvalue weighted by molar-refractivity contribution is 7.19. The molecule has 2 aliphatic rings. The summed E-state index contributed by atoms with van der Waals surface area (Å²) in [5.41, 5.74) is 1.38. The average molecular weight is 515 g/mol. The van der Waals surface area contributed by atoms with E-state index in [1.54, 1.807) is 19.4 Å². The van der Waals surface area contributed by atoms with Crippen molar-refractivity contribution in [1.29, 1.82) is 0 Å². The molecule has 4 heterocycles. The van der Waals surface area contributed by atoms with Crippen molar-refractivity contribution in [2.45, 2.75) is 24.7 Å². The minimum atomic E-state index is -0.906. The zero-order valence-electron chi connectivity index (χ0n) is 19.9. The zero-order chi connectivity index (χ0) is 25.1. The lowest BCUT2D eigenvalue weighted by Gasteiger charge is -2.37. The Kier molecular flexibility index (Phi) is 7.09. The van der Waals surface area contributed by atoms with Crippen LogP contribution >= 0.6 is 11.3 Å². The van der Waals surface area contributed by atoms with E-state index in [2.05, 4.69) is 35.9 Å². The molecule has 2 saturated heterocycles. The third-order valence-electron chi connectivity index (χ3n) is 6.18. The highest BCUT2D eigenvalue weighted by Gasteiger charge is 2.29. The number of aromatic nitrogens is 4. The molecule has 2 N–H and O–H groups in total. The summed E-state index contributed by atoms with van der Waals surface area (Å²) < 4.78 is 24.3. The predicted octanol–water partition coefficient (Wildman–Crippen LogP) is 2.51. The number of anilines is 4. The number of methoxy groups -OCH3 is 2. The van der Waals surface area contributed by atoms with Crippen LogP contribution in [0.1, 0.15) is 18.1 Å². The van der Waals surface area contributed by atoms with Crippen molar-refractivity contribution in [3.8, 4) is 5.75 Å². The molecule has 2 atom stereocenters. The van der Waals surface area contributed by atoms with E-state index in [1.807, 2.05) is 29.2 Å². The minimum absolute atomic E-state index is 0.177. The fourth-order valence-corrected chi connectivity index (χ4v) is 5.04. The number of alkyl halides is 1. The van der Waals surface area contributed by atoms with Crippen molar-refractivity contribution in [3.63, 3.8) is 0 Å². The smallest absolute Gasteiger partial charge is 0.259 e. The van der Waals surface area contributed by atoms with Gasteiger partial charge in [-0.25, -0.2) is 4.39 Å². The molecule has 0 bridgehead atoms. The Morgan fingerprint density at radius 2 is 1.97 bits per heavy atom. The fourth-order valence-electron chi connectivity index (χ4n) is 4.31. The second-order valence-electron chi connectivity index (χ2n) is 8.64. The lowest BCUT2D eigenvalue weighted by molar-refractivity contribution is -0.126. The largest absolute Gasteiger partial charge is 0.497 e. The molecule has 3 aromatic rings. The maximum absolute atomic E-state index is 13.4. The van der Waals surface area contributed by atoms with Gasteiger partial charge in [-0.1, -0.05) is 11.3 Å². The summed E-state index contributed by atoms with van der Waals surface area (Å²) in [4.78, 5) is 17.1. The number of benzene rings is 1. The predicted molar refractivity (Wildman–Crippen MR) is 135 cm³/mol. The normalized spacial score (nSPS) is 18.6. The second-order valence-corrected chi connectivity index (χ2v) is 9.62. The third kappa shape index (κ3) is 5.31. The number of carbonyl (C=O) groups is 1. The molecule has 1 aromatic carbocycles. The Hall–Kier alpha value is -3.58. The monoisotopic (exact) mass is 514 g/mol. The number of halogens is 1. The summed E-state index contributed by atoms with van der Waals surface area (Å²) in [5.74, 6) is 1.02. The second kappa shape index (κ2) is 10.6. The van der Waals surface area contributed by atoms with Gasteiger partial charge in [0, 0.05) is 44.2 Å². The number of rotatable bonds is 9. The number of amides is 1. The number of hydrogen-bond donors (Lipinski definition) is 2. The minimum Gasteiger partial charge on any atom is -0.497 e. The average Bonchev–Trinajstić information content (AvgIpc) is 3.52. The van der Waals surface area contributed by atoms with E-state index in [0.717, 1.165) is 31.0 Å². The van der Waals surface area contributed by atoms with Crippen LogP contribution in [0.15, 0.2) is 36.5 Å². The Balaban J connectivity index is 1.21. The van der Waals surface area contributed by atoms with Crippen LogP contribution in [0.25, 0.3) is 0 Å². The Morgan fingerprint density at radius 1 is 1.14 bits per heavy atom. The molecular formula is C23H27FN8O3S. The summed E-state index contributed by atoms with van der Waals surface area (Å²) in [6.45, 7) is 2.26. The Bertz CT molecular complexity index is 1190. The summed E-state index contributed by atoms with van der Waals surface area (Å²) >= 11 is 1.25. The van der Waals surface area contributed by atoms with E-state index in [4.69, 9.17) is 9.47 Å². The summed E-state index contributed by atoms with van der Waals surface area (Å²) in [7, 11) is 3.01. The maximum Gasteiger partial charge on any atom is 0.259 e. The molecule has 1 amide bonds. The molecule has 13 heteroatoms. The van der Waals surface area contributed by atoms with Crippen LogP contribution in [0.4, 0.5) is 26.2 Å². The SMILES string of the molecule is COc1cc(C(OC)C(=O)Nc2nnc(N[C@@H]3CCN(c4cccnn4)C3)s2)cc(N2CC(F)C2)c1. The first-order valence-electron chi connectivity index (χ1n) is 11.6. The molecule has 190 valence electrons. The molecule has 0 spiro atoms. The molecule has 5 rings (SSSR count). The Labute approximate surface area is 211 Å². The number of ether oxygens (including phenoxy) is 2. The van der Waals surface area contributed by atoms with E-state index >= 15 is 0 Å². The first-order chi connectivity index (χ1) is 17.5. The first kappa shape index (κ1) is 24.1. The van der Waals surface area contributed by atoms with Crippen LogP contribution in [0.3, 0.4) is 0 Å². The molecule has 1 unspecified atom stereocenters. The zero-order valence-corrected chi connectivity index (χ0v) is 20.7. The molecule has 11 nitrogen and oxygen atoms in total. The molecule has 2 aliphatic heterocycles. The van der Waals surface area contributed by atoms with Gasteiger partial charge in [0.05, 0.1) is 20.2 Å². The first-order valence-corrected chi connectivity index (χ1v) is 12.4. The van der Waals surface area contributed by atoms with Crippen LogP contribution in [0, 0.1) is 0 Å². The van der Waals surface area contributed by atoms with Gasteiger partial charge < -0.3 is 24.6 Å². The summed E-state index contributed by atoms with van der Waals surface area (Å²) in [5, 5.41) is 23.5. The standard InChI is InChI=1S/C23H27FN8O3S/c1-34-18-9-14(8-17(10-18)32-11-15(24)12-32)20(35-2)21(33)27-23-30-29-22(36-23)26-16-5-7-31(13-16)19-4-3-6-25-28-19/h3-4,6,8-10,15-16,20H,5,7,11-13H2,1-2H3,(H,26,29)(H,27,30,33)/t16-,20?/m1/s1. The summed E-state index contributed by atoms with van der Waals surface area (Å²) in [6.07, 6.45) is 0.820. The van der Waals surface area contributed by atoms with Crippen LogP contribution in [-0.2, 0) is 9.53 Å². The highest BCUT2D eigenvalue weighted by atomic mass is 32.1. The van der Waals surface area contributed by atoms with E-state index in [0.29, 0.717) is 34.7 Å². The highest BCUT2D eigenvalue weighted by Crippen LogP contribution is 2.33. The maximum atomic E-state index is 13.4. The van der Waals surface area contributed by atoms with Crippen LogP contribution in [0.2, 0.25) is 0 Å². The van der Waals surface area contributed by atoms with Crippen molar-refractivity contribution in [2.24, 2.45) is 0 Å². The van der Waals surface area contributed by atoms with E-state index in [1.165, 1.54) is 18.4 Å². The van der Waals surface area contributed by atoms with E-state index in [9.17, 15) is 9.18 Å². The van der Waals surface area contributed by atoms with Gasteiger partial charge in [0.1, 0.15) is 11.9 Å². The molecule has 0 radical (unpaired) electrons.